The molecule has 1 aromatic heterocycles. The Morgan fingerprint density at radius 2 is 2.06 bits per heavy atom. The number of ketones is 1. The van der Waals surface area contributed by atoms with Gasteiger partial charge in [0.2, 0.25) is 5.78 Å². The molecule has 16 heavy (non-hydrogen) atoms. The molecule has 0 bridgehead atoms. The Morgan fingerprint density at radius 3 is 2.69 bits per heavy atom. The molecule has 0 aliphatic rings. The van der Waals surface area contributed by atoms with Crippen molar-refractivity contribution in [2.24, 2.45) is 0 Å². The monoisotopic (exact) mass is 214 g/mol. The van der Waals surface area contributed by atoms with Crippen molar-refractivity contribution in [3.63, 3.8) is 0 Å². The lowest BCUT2D eigenvalue weighted by Gasteiger charge is -2.00. The summed E-state index contributed by atoms with van der Waals surface area (Å²) in [7, 11) is 0. The summed E-state index contributed by atoms with van der Waals surface area (Å²) in [6.07, 6.45) is 0.929. The molecule has 2 heteroatoms. The van der Waals surface area contributed by atoms with Crippen LogP contribution in [0.1, 0.15) is 34.4 Å². The van der Waals surface area contributed by atoms with Gasteiger partial charge < -0.3 is 4.42 Å². The predicted molar refractivity (Wildman–Crippen MR) is 62.7 cm³/mol. The molecule has 0 fully saturated rings. The van der Waals surface area contributed by atoms with Gasteiger partial charge in [-0.2, -0.15) is 0 Å². The molecular weight excluding hydrogens is 200 g/mol. The molecular formula is C14H14O2. The number of hydrogen-bond acceptors (Lipinski definition) is 2. The van der Waals surface area contributed by atoms with E-state index in [0.717, 1.165) is 17.7 Å². The molecule has 0 unspecified atom stereocenters. The van der Waals surface area contributed by atoms with E-state index >= 15 is 0 Å². The number of carbonyl (C=O) groups is 1. The van der Waals surface area contributed by atoms with Crippen LogP contribution in [0.25, 0.3) is 0 Å². The van der Waals surface area contributed by atoms with Crippen LogP contribution in [0.4, 0.5) is 0 Å². The zero-order valence-corrected chi connectivity index (χ0v) is 9.49. The molecule has 0 saturated carbocycles. The van der Waals surface area contributed by atoms with E-state index in [1.54, 1.807) is 12.1 Å². The average molecular weight is 214 g/mol. The lowest BCUT2D eigenvalue weighted by Crippen LogP contribution is -2.00. The molecule has 0 spiro atoms. The fraction of sp³-hybridized carbons (Fsp3) is 0.214. The first kappa shape index (κ1) is 10.7. The quantitative estimate of drug-likeness (QED) is 0.733. The van der Waals surface area contributed by atoms with Gasteiger partial charge in [0.05, 0.1) is 0 Å². The summed E-state index contributed by atoms with van der Waals surface area (Å²) in [6, 6.07) is 11.2. The van der Waals surface area contributed by atoms with Gasteiger partial charge in [0.1, 0.15) is 5.76 Å². The molecule has 0 saturated heterocycles. The van der Waals surface area contributed by atoms with E-state index in [4.69, 9.17) is 4.42 Å². The van der Waals surface area contributed by atoms with Gasteiger partial charge in [-0.05, 0) is 37.1 Å². The van der Waals surface area contributed by atoms with Crippen LogP contribution in [0.5, 0.6) is 0 Å². The van der Waals surface area contributed by atoms with Gasteiger partial charge >= 0.3 is 0 Å². The summed E-state index contributed by atoms with van der Waals surface area (Å²) in [6.45, 7) is 3.90. The number of aryl methyl sites for hydroxylation is 2. The van der Waals surface area contributed by atoms with Crippen LogP contribution in [0.2, 0.25) is 0 Å². The van der Waals surface area contributed by atoms with Crippen molar-refractivity contribution in [3.8, 4) is 0 Å². The van der Waals surface area contributed by atoms with E-state index in [2.05, 4.69) is 6.92 Å². The van der Waals surface area contributed by atoms with Crippen LogP contribution in [-0.4, -0.2) is 5.78 Å². The van der Waals surface area contributed by atoms with Gasteiger partial charge in [0.25, 0.3) is 0 Å². The first-order chi connectivity index (χ1) is 7.70. The van der Waals surface area contributed by atoms with Crippen LogP contribution in [0.15, 0.2) is 40.8 Å². The van der Waals surface area contributed by atoms with Crippen molar-refractivity contribution in [3.05, 3.63) is 59.0 Å². The molecule has 0 N–H and O–H groups in total. The second-order valence-corrected chi connectivity index (χ2v) is 3.79. The Labute approximate surface area is 94.9 Å². The minimum atomic E-state index is -0.0524. The maximum absolute atomic E-state index is 12.0. The Bertz CT molecular complexity index is 509. The summed E-state index contributed by atoms with van der Waals surface area (Å²) in [5.74, 6) is 1.11. The van der Waals surface area contributed by atoms with Gasteiger partial charge in [0.15, 0.2) is 5.76 Å². The summed E-state index contributed by atoms with van der Waals surface area (Å²) < 4.78 is 5.32. The van der Waals surface area contributed by atoms with Gasteiger partial charge in [-0.3, -0.25) is 4.79 Å². The number of hydrogen-bond donors (Lipinski definition) is 0. The van der Waals surface area contributed by atoms with Crippen molar-refractivity contribution < 1.29 is 9.21 Å². The van der Waals surface area contributed by atoms with Gasteiger partial charge in [-0.15, -0.1) is 0 Å². The van der Waals surface area contributed by atoms with E-state index in [1.165, 1.54) is 0 Å². The average Bonchev–Trinajstić information content (AvgIpc) is 2.75. The van der Waals surface area contributed by atoms with Gasteiger partial charge in [-0.1, -0.05) is 25.1 Å². The third-order valence-corrected chi connectivity index (χ3v) is 2.56. The molecule has 2 nitrogen and oxygen atoms in total. The van der Waals surface area contributed by atoms with Crippen LogP contribution in [-0.2, 0) is 6.42 Å². The van der Waals surface area contributed by atoms with E-state index in [0.29, 0.717) is 11.3 Å². The Kier molecular flexibility index (Phi) is 2.91. The van der Waals surface area contributed by atoms with Crippen LogP contribution in [0, 0.1) is 6.92 Å². The van der Waals surface area contributed by atoms with Crippen molar-refractivity contribution in [1.29, 1.82) is 0 Å². The largest absolute Gasteiger partial charge is 0.458 e. The maximum atomic E-state index is 12.0. The number of benzene rings is 1. The number of carbonyl (C=O) groups excluding carboxylic acids is 1. The summed E-state index contributed by atoms with van der Waals surface area (Å²) in [4.78, 5) is 12.0. The highest BCUT2D eigenvalue weighted by atomic mass is 16.3. The molecule has 2 aromatic rings. The molecule has 82 valence electrons. The first-order valence-electron chi connectivity index (χ1n) is 5.41. The molecule has 0 amide bonds. The topological polar surface area (TPSA) is 30.2 Å². The van der Waals surface area contributed by atoms with Crippen LogP contribution < -0.4 is 0 Å². The van der Waals surface area contributed by atoms with E-state index < -0.39 is 0 Å². The minimum absolute atomic E-state index is 0.0524. The lowest BCUT2D eigenvalue weighted by molar-refractivity contribution is 0.101. The second-order valence-electron chi connectivity index (χ2n) is 3.79. The van der Waals surface area contributed by atoms with Crippen molar-refractivity contribution in [2.45, 2.75) is 20.3 Å². The number of rotatable bonds is 3. The molecule has 2 rings (SSSR count). The third-order valence-electron chi connectivity index (χ3n) is 2.56. The Balaban J connectivity index is 2.33. The van der Waals surface area contributed by atoms with Gasteiger partial charge in [-0.25, -0.2) is 0 Å². The number of furan rings is 1. The van der Waals surface area contributed by atoms with E-state index in [9.17, 15) is 4.79 Å². The van der Waals surface area contributed by atoms with Crippen LogP contribution in [0.3, 0.4) is 0 Å². The fourth-order valence-corrected chi connectivity index (χ4v) is 1.63. The lowest BCUT2D eigenvalue weighted by atomic mass is 10.0. The Morgan fingerprint density at radius 1 is 1.25 bits per heavy atom. The van der Waals surface area contributed by atoms with Crippen molar-refractivity contribution >= 4 is 5.78 Å². The SMILES string of the molecule is CCc1cccc(C(=O)c2ccc(C)o2)c1. The highest BCUT2D eigenvalue weighted by molar-refractivity contribution is 6.07. The summed E-state index contributed by atoms with van der Waals surface area (Å²) in [5, 5.41) is 0. The first-order valence-corrected chi connectivity index (χ1v) is 5.41. The summed E-state index contributed by atoms with van der Waals surface area (Å²) >= 11 is 0. The molecule has 1 heterocycles. The van der Waals surface area contributed by atoms with Crippen molar-refractivity contribution in [2.75, 3.05) is 0 Å². The standard InChI is InChI=1S/C14H14O2/c1-3-11-5-4-6-12(9-11)14(15)13-8-7-10(2)16-13/h4-9H,3H2,1-2H3. The molecule has 0 aliphatic carbocycles. The molecule has 0 atom stereocenters. The zero-order chi connectivity index (χ0) is 11.5. The smallest absolute Gasteiger partial charge is 0.228 e. The van der Waals surface area contributed by atoms with Gasteiger partial charge in [0, 0.05) is 5.56 Å². The highest BCUT2D eigenvalue weighted by Gasteiger charge is 2.12. The second kappa shape index (κ2) is 4.35. The van der Waals surface area contributed by atoms with E-state index in [-0.39, 0.29) is 5.78 Å². The Hall–Kier alpha value is -1.83. The molecule has 0 aliphatic heterocycles. The van der Waals surface area contributed by atoms with Crippen molar-refractivity contribution in [1.82, 2.24) is 0 Å². The van der Waals surface area contributed by atoms with Crippen LogP contribution >= 0.6 is 0 Å². The fourth-order valence-electron chi connectivity index (χ4n) is 1.63. The third kappa shape index (κ3) is 2.06. The normalized spacial score (nSPS) is 10.4. The maximum Gasteiger partial charge on any atom is 0.228 e. The highest BCUT2D eigenvalue weighted by Crippen LogP contribution is 2.14. The molecule has 0 radical (unpaired) electrons. The van der Waals surface area contributed by atoms with E-state index in [1.807, 2.05) is 31.2 Å². The zero-order valence-electron chi connectivity index (χ0n) is 9.49. The minimum Gasteiger partial charge on any atom is -0.458 e. The predicted octanol–water partition coefficient (Wildman–Crippen LogP) is 3.38. The summed E-state index contributed by atoms with van der Waals surface area (Å²) in [5.41, 5.74) is 1.85. The molecule has 1 aromatic carbocycles.